The van der Waals surface area contributed by atoms with E-state index in [1.807, 2.05) is 24.3 Å². The van der Waals surface area contributed by atoms with E-state index in [1.165, 1.54) is 0 Å². The quantitative estimate of drug-likeness (QED) is 0.507. The molecule has 0 radical (unpaired) electrons. The molecule has 0 bridgehead atoms. The van der Waals surface area contributed by atoms with Crippen LogP contribution in [0.1, 0.15) is 18.6 Å². The van der Waals surface area contributed by atoms with Gasteiger partial charge < -0.3 is 0 Å². The van der Waals surface area contributed by atoms with Gasteiger partial charge in [0.05, 0.1) is 0 Å². The van der Waals surface area contributed by atoms with E-state index in [4.69, 9.17) is 21.0 Å². The molecule has 0 aliphatic carbocycles. The summed E-state index contributed by atoms with van der Waals surface area (Å²) in [6, 6.07) is 7.75. The Morgan fingerprint density at radius 3 is 1.05 bits per heavy atom. The fourth-order valence-corrected chi connectivity index (χ4v) is 7.71. The Hall–Kier alpha value is -0.742. The minimum absolute atomic E-state index is 0.0560. The van der Waals surface area contributed by atoms with Gasteiger partial charge in [0.2, 0.25) is 0 Å². The average Bonchev–Trinajstić information content (AvgIpc) is 2.47. The maximum absolute atomic E-state index is 8.82. The second-order valence-electron chi connectivity index (χ2n) is 3.17. The van der Waals surface area contributed by atoms with Gasteiger partial charge >= 0.3 is 144 Å². The summed E-state index contributed by atoms with van der Waals surface area (Å²) in [7, 11) is 0. The van der Waals surface area contributed by atoms with Gasteiger partial charge in [-0.15, -0.1) is 0 Å². The summed E-state index contributed by atoms with van der Waals surface area (Å²) in [5, 5.41) is 35.3. The zero-order valence-corrected chi connectivity index (χ0v) is 16.7. The number of benzene rings is 1. The van der Waals surface area contributed by atoms with E-state index in [9.17, 15) is 0 Å². The van der Waals surface area contributed by atoms with Crippen molar-refractivity contribution in [2.24, 2.45) is 0 Å². The predicted octanol–water partition coefficient (Wildman–Crippen LogP) is 0.425. The van der Waals surface area contributed by atoms with Crippen molar-refractivity contribution in [1.29, 1.82) is 21.0 Å². The standard InChI is InChI=1S/C12H6N4Se4/c13-5-17-11(18-6-14)9-1-2-10(4-3-9)12(19-7-15)20-8-16/h1-4,11-12H. The van der Waals surface area contributed by atoms with Gasteiger partial charge in [0.15, 0.2) is 0 Å². The molecular weight excluding hydrogens is 516 g/mol. The topological polar surface area (TPSA) is 95.2 Å². The van der Waals surface area contributed by atoms with Crippen LogP contribution in [0.2, 0.25) is 0 Å². The molecular formula is C12H6N4Se4. The van der Waals surface area contributed by atoms with E-state index >= 15 is 0 Å². The van der Waals surface area contributed by atoms with Crippen molar-refractivity contribution in [2.45, 2.75) is 7.43 Å². The third-order valence-corrected chi connectivity index (χ3v) is 11.3. The molecule has 0 aromatic heterocycles. The molecule has 8 heteroatoms. The molecule has 0 unspecified atom stereocenters. The molecule has 0 aliphatic heterocycles. The van der Waals surface area contributed by atoms with E-state index in [0.717, 1.165) is 11.1 Å². The molecule has 0 spiro atoms. The Bertz CT molecular complexity index is 516. The van der Waals surface area contributed by atoms with Crippen LogP contribution in [0.3, 0.4) is 0 Å². The fourth-order valence-electron chi connectivity index (χ4n) is 1.32. The van der Waals surface area contributed by atoms with Crippen molar-refractivity contribution in [3.63, 3.8) is 0 Å². The van der Waals surface area contributed by atoms with Gasteiger partial charge in [-0.3, -0.25) is 0 Å². The van der Waals surface area contributed by atoms with Crippen LogP contribution < -0.4 is 0 Å². The Morgan fingerprint density at radius 1 is 0.600 bits per heavy atom. The molecule has 1 aromatic carbocycles. The van der Waals surface area contributed by atoms with Crippen molar-refractivity contribution in [3.05, 3.63) is 35.4 Å². The molecule has 1 rings (SSSR count). The van der Waals surface area contributed by atoms with E-state index < -0.39 is 0 Å². The van der Waals surface area contributed by atoms with Crippen LogP contribution in [0.4, 0.5) is 0 Å². The Kier molecular flexibility index (Phi) is 8.70. The molecule has 0 N–H and O–H groups in total. The summed E-state index contributed by atoms with van der Waals surface area (Å²) in [5.41, 5.74) is 2.04. The number of nitrogens with zero attached hydrogens (tertiary/aromatic N) is 4. The molecule has 1 aromatic rings. The fraction of sp³-hybridized carbons (Fsp3) is 0.167. The summed E-state index contributed by atoms with van der Waals surface area (Å²) in [6.07, 6.45) is 0. The second kappa shape index (κ2) is 10.1. The van der Waals surface area contributed by atoms with Crippen molar-refractivity contribution >= 4 is 59.8 Å². The van der Waals surface area contributed by atoms with E-state index in [1.54, 1.807) is 0 Å². The number of hydrogen-bond donors (Lipinski definition) is 0. The molecule has 0 saturated heterocycles. The number of nitriles is 4. The van der Waals surface area contributed by atoms with Crippen LogP contribution in [0.5, 0.6) is 0 Å². The minimum atomic E-state index is -0.218. The van der Waals surface area contributed by atoms with Crippen molar-refractivity contribution in [3.8, 4) is 19.9 Å². The van der Waals surface area contributed by atoms with Gasteiger partial charge in [-0.2, -0.15) is 0 Å². The van der Waals surface area contributed by atoms with Gasteiger partial charge in [-0.1, -0.05) is 0 Å². The second-order valence-corrected chi connectivity index (χ2v) is 13.7. The Labute approximate surface area is 142 Å². The molecule has 4 nitrogen and oxygen atoms in total. The number of hydrogen-bond acceptors (Lipinski definition) is 4. The van der Waals surface area contributed by atoms with E-state index in [-0.39, 0.29) is 67.3 Å². The maximum atomic E-state index is 8.82. The molecule has 98 valence electrons. The van der Waals surface area contributed by atoms with Crippen LogP contribution >= 0.6 is 0 Å². The van der Waals surface area contributed by atoms with Crippen LogP contribution in [-0.2, 0) is 0 Å². The average molecular weight is 522 g/mol. The third kappa shape index (κ3) is 5.33. The first kappa shape index (κ1) is 17.3. The van der Waals surface area contributed by atoms with Gasteiger partial charge in [-0.05, 0) is 0 Å². The van der Waals surface area contributed by atoms with E-state index in [0.29, 0.717) is 0 Å². The molecule has 20 heavy (non-hydrogen) atoms. The van der Waals surface area contributed by atoms with E-state index in [2.05, 4.69) is 19.9 Å². The first-order valence-electron chi connectivity index (χ1n) is 5.05. The molecule has 0 amide bonds. The molecule has 0 atom stereocenters. The van der Waals surface area contributed by atoms with Gasteiger partial charge in [0.1, 0.15) is 0 Å². The van der Waals surface area contributed by atoms with Crippen molar-refractivity contribution in [2.75, 3.05) is 0 Å². The zero-order valence-electron chi connectivity index (χ0n) is 9.89. The summed E-state index contributed by atoms with van der Waals surface area (Å²) < 4.78 is 0.112. The van der Waals surface area contributed by atoms with Crippen LogP contribution in [0.15, 0.2) is 24.3 Å². The first-order valence-corrected chi connectivity index (χ1v) is 12.4. The van der Waals surface area contributed by atoms with Gasteiger partial charge in [0.25, 0.3) is 0 Å². The van der Waals surface area contributed by atoms with Crippen LogP contribution in [0.25, 0.3) is 0 Å². The Balaban J connectivity index is 2.92. The van der Waals surface area contributed by atoms with Crippen molar-refractivity contribution < 1.29 is 0 Å². The third-order valence-electron chi connectivity index (χ3n) is 2.12. The Morgan fingerprint density at radius 2 is 0.850 bits per heavy atom. The first-order chi connectivity index (χ1) is 9.76. The van der Waals surface area contributed by atoms with Crippen molar-refractivity contribution in [1.82, 2.24) is 0 Å². The van der Waals surface area contributed by atoms with Gasteiger partial charge in [0, 0.05) is 0 Å². The molecule has 0 saturated carbocycles. The predicted molar refractivity (Wildman–Crippen MR) is 77.4 cm³/mol. The zero-order chi connectivity index (χ0) is 14.8. The molecule has 0 aliphatic rings. The summed E-state index contributed by atoms with van der Waals surface area (Å²) >= 11 is -0.874. The SMILES string of the molecule is N#C[Se]C([Se]C#N)c1ccc(C([Se]C#N)[Se]C#N)cc1. The monoisotopic (exact) mass is 526 g/mol. The summed E-state index contributed by atoms with van der Waals surface area (Å²) in [5.74, 6) is 0. The molecule has 0 fully saturated rings. The van der Waals surface area contributed by atoms with Crippen LogP contribution in [0, 0.1) is 40.9 Å². The van der Waals surface area contributed by atoms with Crippen LogP contribution in [-0.4, -0.2) is 59.8 Å². The normalized spacial score (nSPS) is 9.50. The summed E-state index contributed by atoms with van der Waals surface area (Å²) in [4.78, 5) is 8.70. The number of rotatable bonds is 6. The van der Waals surface area contributed by atoms with Gasteiger partial charge in [-0.25, -0.2) is 0 Å². The molecule has 0 heterocycles. The summed E-state index contributed by atoms with van der Waals surface area (Å²) in [6.45, 7) is 0.